The van der Waals surface area contributed by atoms with Crippen molar-refractivity contribution in [1.82, 2.24) is 0 Å². The second-order valence-electron chi connectivity index (χ2n) is 7.12. The quantitative estimate of drug-likeness (QED) is 0.227. The zero-order chi connectivity index (χ0) is 17.3. The number of carbonyl (C=O) groups is 1. The molecule has 0 aromatic carbocycles. The van der Waals surface area contributed by atoms with Gasteiger partial charge in [-0.25, -0.2) is 0 Å². The topological polar surface area (TPSA) is 26.3 Å². The Bertz CT molecular complexity index is 263. The van der Waals surface area contributed by atoms with Crippen LogP contribution < -0.4 is 0 Å². The number of unbranched alkanes of at least 4 members (excludes halogenated alkanes) is 8. The minimum Gasteiger partial charge on any atom is -0.465 e. The van der Waals surface area contributed by atoms with Crippen LogP contribution in [0.25, 0.3) is 0 Å². The van der Waals surface area contributed by atoms with Gasteiger partial charge in [0, 0.05) is 0 Å². The van der Waals surface area contributed by atoms with Crippen LogP contribution in [-0.4, -0.2) is 12.6 Å². The summed E-state index contributed by atoms with van der Waals surface area (Å²) in [5.74, 6) is 0.611. The molecular weight excluding hydrogens is 284 g/mol. The fraction of sp³-hybridized carbons (Fsp3) is 0.952. The average molecular weight is 327 g/mol. The zero-order valence-corrected chi connectivity index (χ0v) is 16.4. The minimum atomic E-state index is 0.0262. The van der Waals surface area contributed by atoms with Crippen LogP contribution in [-0.2, 0) is 9.53 Å². The normalized spacial score (nSPS) is 13.7. The molecule has 0 saturated carbocycles. The highest BCUT2D eigenvalue weighted by atomic mass is 16.5. The van der Waals surface area contributed by atoms with Crippen molar-refractivity contribution in [3.05, 3.63) is 0 Å². The Hall–Kier alpha value is -0.530. The van der Waals surface area contributed by atoms with E-state index in [1.165, 1.54) is 77.0 Å². The lowest BCUT2D eigenvalue weighted by atomic mass is 9.84. The molecule has 0 saturated heterocycles. The first kappa shape index (κ1) is 22.5. The molecule has 0 heterocycles. The average Bonchev–Trinajstić information content (AvgIpc) is 2.56. The monoisotopic (exact) mass is 326 g/mol. The maximum Gasteiger partial charge on any atom is 0.308 e. The molecule has 0 aliphatic heterocycles. The molecule has 0 aromatic heterocycles. The molecular formula is C21H42O2. The second-order valence-corrected chi connectivity index (χ2v) is 7.12. The van der Waals surface area contributed by atoms with Gasteiger partial charge in [-0.2, -0.15) is 0 Å². The molecule has 0 aromatic rings. The van der Waals surface area contributed by atoms with Gasteiger partial charge in [-0.3, -0.25) is 4.79 Å². The summed E-state index contributed by atoms with van der Waals surface area (Å²) in [6, 6.07) is 0. The molecule has 0 aliphatic rings. The second kappa shape index (κ2) is 16.3. The SMILES string of the molecule is CCCCCCCCC(CCCCCC)C(C)C(=O)OCCC. The highest BCUT2D eigenvalue weighted by Crippen LogP contribution is 2.26. The van der Waals surface area contributed by atoms with Crippen molar-refractivity contribution in [2.45, 2.75) is 111 Å². The Kier molecular flexibility index (Phi) is 16.0. The van der Waals surface area contributed by atoms with Crippen molar-refractivity contribution in [2.24, 2.45) is 11.8 Å². The first-order valence-corrected chi connectivity index (χ1v) is 10.3. The highest BCUT2D eigenvalue weighted by molar-refractivity contribution is 5.72. The van der Waals surface area contributed by atoms with Crippen LogP contribution in [0.3, 0.4) is 0 Å². The van der Waals surface area contributed by atoms with Gasteiger partial charge < -0.3 is 4.74 Å². The summed E-state index contributed by atoms with van der Waals surface area (Å²) in [6.07, 6.45) is 16.4. The summed E-state index contributed by atoms with van der Waals surface area (Å²) < 4.78 is 5.38. The van der Waals surface area contributed by atoms with Gasteiger partial charge in [0.1, 0.15) is 0 Å². The summed E-state index contributed by atoms with van der Waals surface area (Å²) in [4.78, 5) is 12.2. The maximum atomic E-state index is 12.2. The molecule has 0 aliphatic carbocycles. The highest BCUT2D eigenvalue weighted by Gasteiger charge is 2.24. The fourth-order valence-electron chi connectivity index (χ4n) is 3.19. The Morgan fingerprint density at radius 1 is 0.739 bits per heavy atom. The first-order valence-electron chi connectivity index (χ1n) is 10.3. The molecule has 0 rings (SSSR count). The van der Waals surface area contributed by atoms with Crippen molar-refractivity contribution in [1.29, 1.82) is 0 Å². The van der Waals surface area contributed by atoms with Crippen molar-refractivity contribution >= 4 is 5.97 Å². The van der Waals surface area contributed by atoms with Gasteiger partial charge in [-0.1, -0.05) is 91.9 Å². The summed E-state index contributed by atoms with van der Waals surface area (Å²) >= 11 is 0. The van der Waals surface area contributed by atoms with E-state index in [-0.39, 0.29) is 11.9 Å². The van der Waals surface area contributed by atoms with E-state index in [2.05, 4.69) is 27.7 Å². The number of hydrogen-bond donors (Lipinski definition) is 0. The predicted octanol–water partition coefficient (Wildman–Crippen LogP) is 6.91. The van der Waals surface area contributed by atoms with E-state index in [0.717, 1.165) is 6.42 Å². The summed E-state index contributed by atoms with van der Waals surface area (Å²) in [7, 11) is 0. The number of ether oxygens (including phenoxy) is 1. The first-order chi connectivity index (χ1) is 11.2. The lowest BCUT2D eigenvalue weighted by Gasteiger charge is -2.23. The molecule has 2 nitrogen and oxygen atoms in total. The number of esters is 1. The van der Waals surface area contributed by atoms with Gasteiger partial charge in [0.2, 0.25) is 0 Å². The third-order valence-electron chi connectivity index (χ3n) is 4.88. The van der Waals surface area contributed by atoms with Crippen molar-refractivity contribution in [3.8, 4) is 0 Å². The third kappa shape index (κ3) is 12.5. The fourth-order valence-corrected chi connectivity index (χ4v) is 3.19. The van der Waals surface area contributed by atoms with Gasteiger partial charge in [0.05, 0.1) is 12.5 Å². The number of carbonyl (C=O) groups excluding carboxylic acids is 1. The van der Waals surface area contributed by atoms with E-state index >= 15 is 0 Å². The van der Waals surface area contributed by atoms with Crippen molar-refractivity contribution in [2.75, 3.05) is 6.61 Å². The largest absolute Gasteiger partial charge is 0.465 e. The molecule has 2 atom stereocenters. The molecule has 0 radical (unpaired) electrons. The van der Waals surface area contributed by atoms with E-state index < -0.39 is 0 Å². The van der Waals surface area contributed by atoms with Crippen LogP contribution >= 0.6 is 0 Å². The van der Waals surface area contributed by atoms with E-state index in [9.17, 15) is 4.79 Å². The summed E-state index contributed by atoms with van der Waals surface area (Å²) in [6.45, 7) is 9.22. The third-order valence-corrected chi connectivity index (χ3v) is 4.88. The standard InChI is InChI=1S/C21H42O2/c1-5-8-10-12-13-15-17-20(16-14-11-9-6-2)19(4)21(22)23-18-7-3/h19-20H,5-18H2,1-4H3. The Morgan fingerprint density at radius 3 is 1.74 bits per heavy atom. The van der Waals surface area contributed by atoms with Crippen LogP contribution in [0.2, 0.25) is 0 Å². The molecule has 0 N–H and O–H groups in total. The van der Waals surface area contributed by atoms with E-state index in [1.54, 1.807) is 0 Å². The lowest BCUT2D eigenvalue weighted by molar-refractivity contribution is -0.150. The molecule has 23 heavy (non-hydrogen) atoms. The van der Waals surface area contributed by atoms with Crippen LogP contribution in [0.15, 0.2) is 0 Å². The molecule has 0 amide bonds. The van der Waals surface area contributed by atoms with Gasteiger partial charge in [0.15, 0.2) is 0 Å². The predicted molar refractivity (Wildman–Crippen MR) is 101 cm³/mol. The molecule has 0 bridgehead atoms. The Balaban J connectivity index is 4.17. The molecule has 0 spiro atoms. The minimum absolute atomic E-state index is 0.0262. The van der Waals surface area contributed by atoms with Crippen molar-refractivity contribution < 1.29 is 9.53 Å². The van der Waals surface area contributed by atoms with Crippen LogP contribution in [0.5, 0.6) is 0 Å². The lowest BCUT2D eigenvalue weighted by Crippen LogP contribution is -2.24. The number of rotatable bonds is 16. The van der Waals surface area contributed by atoms with E-state index in [1.807, 2.05) is 0 Å². The number of hydrogen-bond acceptors (Lipinski definition) is 2. The molecule has 2 heteroatoms. The van der Waals surface area contributed by atoms with Gasteiger partial charge in [-0.15, -0.1) is 0 Å². The van der Waals surface area contributed by atoms with E-state index in [4.69, 9.17) is 4.74 Å². The Labute approximate surface area is 145 Å². The summed E-state index contributed by atoms with van der Waals surface area (Å²) in [5, 5.41) is 0. The van der Waals surface area contributed by atoms with E-state index in [0.29, 0.717) is 12.5 Å². The molecule has 138 valence electrons. The molecule has 2 unspecified atom stereocenters. The smallest absolute Gasteiger partial charge is 0.308 e. The van der Waals surface area contributed by atoms with Gasteiger partial charge >= 0.3 is 5.97 Å². The maximum absolute atomic E-state index is 12.2. The van der Waals surface area contributed by atoms with Gasteiger partial charge in [-0.05, 0) is 25.2 Å². The van der Waals surface area contributed by atoms with Gasteiger partial charge in [0.25, 0.3) is 0 Å². The summed E-state index contributed by atoms with van der Waals surface area (Å²) in [5.41, 5.74) is 0. The Morgan fingerprint density at radius 2 is 1.22 bits per heavy atom. The van der Waals surface area contributed by atoms with Crippen LogP contribution in [0.4, 0.5) is 0 Å². The van der Waals surface area contributed by atoms with Crippen molar-refractivity contribution in [3.63, 3.8) is 0 Å². The zero-order valence-electron chi connectivity index (χ0n) is 16.4. The molecule has 0 fully saturated rings. The van der Waals surface area contributed by atoms with Crippen LogP contribution in [0.1, 0.15) is 111 Å². The van der Waals surface area contributed by atoms with Crippen LogP contribution in [0, 0.1) is 11.8 Å².